The zero-order valence-corrected chi connectivity index (χ0v) is 10.9. The number of hydrogen-bond donors (Lipinski definition) is 0. The molecule has 1 saturated heterocycles. The van der Waals surface area contributed by atoms with Crippen molar-refractivity contribution < 1.29 is 4.39 Å². The highest BCUT2D eigenvalue weighted by Crippen LogP contribution is 2.35. The van der Waals surface area contributed by atoms with Crippen LogP contribution < -0.4 is 0 Å². The first-order valence-electron chi connectivity index (χ1n) is 6.14. The second kappa shape index (κ2) is 4.40. The molecule has 0 aromatic carbocycles. The summed E-state index contributed by atoms with van der Waals surface area (Å²) in [5.74, 6) is 0.850. The molecule has 1 nitrogen and oxygen atoms in total. The number of nitrogens with zero attached hydrogens (tertiary/aromatic N) is 1. The van der Waals surface area contributed by atoms with Crippen LogP contribution in [-0.2, 0) is 0 Å². The summed E-state index contributed by atoms with van der Waals surface area (Å²) in [6, 6.07) is 0. The lowest BCUT2D eigenvalue weighted by Gasteiger charge is -2.41. The molecule has 0 saturated carbocycles. The minimum absolute atomic E-state index is 0.256. The molecule has 0 aromatic rings. The smallest absolute Gasteiger partial charge is 0.111 e. The molecule has 0 atom stereocenters. The Morgan fingerprint density at radius 1 is 1.13 bits per heavy atom. The van der Waals surface area contributed by atoms with Crippen molar-refractivity contribution >= 4 is 0 Å². The summed E-state index contributed by atoms with van der Waals surface area (Å²) in [6.45, 7) is 12.9. The van der Waals surface area contributed by atoms with E-state index in [-0.39, 0.29) is 5.41 Å². The van der Waals surface area contributed by atoms with Crippen molar-refractivity contribution in [1.29, 1.82) is 0 Å². The third-order valence-corrected chi connectivity index (χ3v) is 4.10. The van der Waals surface area contributed by atoms with E-state index in [1.807, 2.05) is 13.8 Å². The summed E-state index contributed by atoms with van der Waals surface area (Å²) in [5.41, 5.74) is -1.36. The Morgan fingerprint density at radius 3 is 2.00 bits per heavy atom. The minimum atomic E-state index is -1.10. The van der Waals surface area contributed by atoms with Crippen LogP contribution in [0.25, 0.3) is 0 Å². The molecule has 0 bridgehead atoms. The van der Waals surface area contributed by atoms with Gasteiger partial charge < -0.3 is 4.90 Å². The zero-order valence-electron chi connectivity index (χ0n) is 10.9. The second-order valence-electron chi connectivity index (χ2n) is 6.32. The van der Waals surface area contributed by atoms with E-state index >= 15 is 0 Å². The first-order valence-corrected chi connectivity index (χ1v) is 6.14. The Hall–Kier alpha value is -0.110. The molecule has 1 aliphatic rings. The molecule has 0 spiro atoms. The Balaban J connectivity index is 2.48. The van der Waals surface area contributed by atoms with E-state index in [4.69, 9.17) is 0 Å². The van der Waals surface area contributed by atoms with E-state index in [9.17, 15) is 4.39 Å². The number of rotatable bonds is 3. The number of likely N-dealkylation sites (tertiary alicyclic amines) is 1. The molecular weight excluding hydrogens is 189 g/mol. The number of piperidine rings is 1. The van der Waals surface area contributed by atoms with Crippen LogP contribution in [0.2, 0.25) is 0 Å². The van der Waals surface area contributed by atoms with Gasteiger partial charge >= 0.3 is 0 Å². The first kappa shape index (κ1) is 13.0. The maximum Gasteiger partial charge on any atom is 0.111 e. The van der Waals surface area contributed by atoms with Gasteiger partial charge in [-0.05, 0) is 45.7 Å². The van der Waals surface area contributed by atoms with Crippen LogP contribution in [0.4, 0.5) is 4.39 Å². The van der Waals surface area contributed by atoms with Gasteiger partial charge in [-0.3, -0.25) is 0 Å². The molecule has 1 fully saturated rings. The van der Waals surface area contributed by atoms with Crippen LogP contribution in [0.5, 0.6) is 0 Å². The monoisotopic (exact) mass is 215 g/mol. The van der Waals surface area contributed by atoms with E-state index < -0.39 is 5.67 Å². The van der Waals surface area contributed by atoms with Gasteiger partial charge in [-0.1, -0.05) is 20.8 Å². The molecule has 1 rings (SSSR count). The van der Waals surface area contributed by atoms with Crippen LogP contribution in [0.3, 0.4) is 0 Å². The average molecular weight is 215 g/mol. The van der Waals surface area contributed by atoms with Crippen molar-refractivity contribution in [2.75, 3.05) is 19.6 Å². The largest absolute Gasteiger partial charge is 0.303 e. The number of hydrogen-bond acceptors (Lipinski definition) is 1. The fourth-order valence-electron chi connectivity index (χ4n) is 1.97. The molecule has 1 heterocycles. The van der Waals surface area contributed by atoms with Crippen LogP contribution in [0, 0.1) is 11.3 Å². The highest BCUT2D eigenvalue weighted by molar-refractivity contribution is 4.89. The lowest BCUT2D eigenvalue weighted by molar-refractivity contribution is 0.0112. The molecule has 0 aliphatic carbocycles. The van der Waals surface area contributed by atoms with Crippen molar-refractivity contribution in [2.45, 2.75) is 53.1 Å². The molecule has 15 heavy (non-hydrogen) atoms. The van der Waals surface area contributed by atoms with Gasteiger partial charge in [-0.15, -0.1) is 0 Å². The molecule has 1 aliphatic heterocycles. The van der Waals surface area contributed by atoms with Gasteiger partial charge in [0.2, 0.25) is 0 Å². The predicted octanol–water partition coefficient (Wildman–Crippen LogP) is 3.49. The molecule has 0 aromatic heterocycles. The maximum absolute atomic E-state index is 14.0. The minimum Gasteiger partial charge on any atom is -0.303 e. The summed E-state index contributed by atoms with van der Waals surface area (Å²) >= 11 is 0. The summed E-state index contributed by atoms with van der Waals surface area (Å²) < 4.78 is 14.0. The SMILES string of the molecule is CC1CCN(CC(C)(C)C(C)(C)F)CC1. The predicted molar refractivity (Wildman–Crippen MR) is 63.8 cm³/mol. The third kappa shape index (κ3) is 3.44. The lowest BCUT2D eigenvalue weighted by atomic mass is 9.77. The van der Waals surface area contributed by atoms with Crippen molar-refractivity contribution in [3.63, 3.8) is 0 Å². The molecule has 0 unspecified atom stereocenters. The highest BCUT2D eigenvalue weighted by Gasteiger charge is 2.38. The Morgan fingerprint density at radius 2 is 1.60 bits per heavy atom. The van der Waals surface area contributed by atoms with Crippen LogP contribution in [-0.4, -0.2) is 30.2 Å². The van der Waals surface area contributed by atoms with Gasteiger partial charge in [-0.2, -0.15) is 0 Å². The number of halogens is 1. The Labute approximate surface area is 94.0 Å². The summed E-state index contributed by atoms with van der Waals surface area (Å²) in [6.07, 6.45) is 2.53. The van der Waals surface area contributed by atoms with Gasteiger partial charge in [0, 0.05) is 12.0 Å². The van der Waals surface area contributed by atoms with Gasteiger partial charge in [0.15, 0.2) is 0 Å². The second-order valence-corrected chi connectivity index (χ2v) is 6.32. The van der Waals surface area contributed by atoms with Crippen molar-refractivity contribution in [1.82, 2.24) is 4.90 Å². The molecule has 0 N–H and O–H groups in total. The van der Waals surface area contributed by atoms with E-state index in [2.05, 4.69) is 11.8 Å². The Kier molecular flexibility index (Phi) is 3.80. The summed E-state index contributed by atoms with van der Waals surface area (Å²) in [5, 5.41) is 0. The number of alkyl halides is 1. The molecule has 0 radical (unpaired) electrons. The van der Waals surface area contributed by atoms with Gasteiger partial charge in [-0.25, -0.2) is 4.39 Å². The third-order valence-electron chi connectivity index (χ3n) is 4.10. The molecular formula is C13H26FN. The van der Waals surface area contributed by atoms with Gasteiger partial charge in [0.25, 0.3) is 0 Å². The van der Waals surface area contributed by atoms with Gasteiger partial charge in [0.1, 0.15) is 5.67 Å². The summed E-state index contributed by atoms with van der Waals surface area (Å²) in [4.78, 5) is 2.42. The normalized spacial score (nSPS) is 22.0. The Bertz CT molecular complexity index is 197. The molecule has 2 heteroatoms. The maximum atomic E-state index is 14.0. The van der Waals surface area contributed by atoms with E-state index in [0.717, 1.165) is 25.6 Å². The van der Waals surface area contributed by atoms with Crippen LogP contribution in [0.15, 0.2) is 0 Å². The average Bonchev–Trinajstić information content (AvgIpc) is 2.06. The van der Waals surface area contributed by atoms with Crippen molar-refractivity contribution in [2.24, 2.45) is 11.3 Å². The summed E-state index contributed by atoms with van der Waals surface area (Å²) in [7, 11) is 0. The quantitative estimate of drug-likeness (QED) is 0.696. The van der Waals surface area contributed by atoms with Crippen molar-refractivity contribution in [3.05, 3.63) is 0 Å². The first-order chi connectivity index (χ1) is 6.72. The fourth-order valence-corrected chi connectivity index (χ4v) is 1.97. The van der Waals surface area contributed by atoms with Crippen molar-refractivity contribution in [3.8, 4) is 0 Å². The zero-order chi connectivity index (χ0) is 11.7. The molecule has 90 valence electrons. The van der Waals surface area contributed by atoms with E-state index in [1.165, 1.54) is 12.8 Å². The van der Waals surface area contributed by atoms with Crippen LogP contribution in [0.1, 0.15) is 47.5 Å². The topological polar surface area (TPSA) is 3.24 Å². The van der Waals surface area contributed by atoms with Gasteiger partial charge in [0.05, 0.1) is 0 Å². The van der Waals surface area contributed by atoms with Crippen LogP contribution >= 0.6 is 0 Å². The fraction of sp³-hybridized carbons (Fsp3) is 1.00. The van der Waals surface area contributed by atoms with E-state index in [0.29, 0.717) is 0 Å². The highest BCUT2D eigenvalue weighted by atomic mass is 19.1. The van der Waals surface area contributed by atoms with E-state index in [1.54, 1.807) is 13.8 Å². The lowest BCUT2D eigenvalue weighted by Crippen LogP contribution is -2.47. The molecule has 0 amide bonds. The standard InChI is InChI=1S/C13H26FN/c1-11-6-8-15(9-7-11)10-12(2,3)13(4,5)14/h11H,6-10H2,1-5H3.